The number of benzene rings is 2. The number of carbonyl (C=O) groups excluding carboxylic acids is 1. The third kappa shape index (κ3) is 3.52. The summed E-state index contributed by atoms with van der Waals surface area (Å²) in [7, 11) is 0. The van der Waals surface area contributed by atoms with Crippen LogP contribution in [0.4, 0.5) is 0 Å². The number of rotatable bonds is 4. The Morgan fingerprint density at radius 3 is 2.65 bits per heavy atom. The van der Waals surface area contributed by atoms with E-state index in [9.17, 15) is 9.90 Å². The first-order valence-corrected chi connectivity index (χ1v) is 7.29. The predicted octanol–water partition coefficient (Wildman–Crippen LogP) is 3.63. The highest BCUT2D eigenvalue weighted by Gasteiger charge is 2.15. The fourth-order valence-corrected chi connectivity index (χ4v) is 2.19. The lowest BCUT2D eigenvalue weighted by atomic mass is 10.1. The monoisotopic (exact) mass is 328 g/mol. The van der Waals surface area contributed by atoms with Gasteiger partial charge in [0.1, 0.15) is 5.75 Å². The fraction of sp³-hybridized carbons (Fsp3) is 0.0588. The van der Waals surface area contributed by atoms with Crippen molar-refractivity contribution >= 4 is 17.5 Å². The van der Waals surface area contributed by atoms with Gasteiger partial charge in [0, 0.05) is 17.6 Å². The van der Waals surface area contributed by atoms with Gasteiger partial charge in [0.25, 0.3) is 5.91 Å². The van der Waals surface area contributed by atoms with Crippen molar-refractivity contribution in [3.05, 3.63) is 70.9 Å². The number of phenols is 1. The lowest BCUT2D eigenvalue weighted by Crippen LogP contribution is -2.22. The maximum atomic E-state index is 12.1. The molecule has 23 heavy (non-hydrogen) atoms. The van der Waals surface area contributed by atoms with Gasteiger partial charge in [-0.1, -0.05) is 41.0 Å². The molecule has 1 aromatic heterocycles. The highest BCUT2D eigenvalue weighted by molar-refractivity contribution is 6.30. The Hall–Kier alpha value is -2.79. The first kappa shape index (κ1) is 15.1. The summed E-state index contributed by atoms with van der Waals surface area (Å²) in [5.74, 6) is 0.0434. The highest BCUT2D eigenvalue weighted by atomic mass is 35.5. The van der Waals surface area contributed by atoms with Crippen molar-refractivity contribution in [2.24, 2.45) is 0 Å². The van der Waals surface area contributed by atoms with Crippen molar-refractivity contribution in [1.82, 2.24) is 10.5 Å². The van der Waals surface area contributed by atoms with E-state index in [4.69, 9.17) is 16.1 Å². The van der Waals surface area contributed by atoms with E-state index in [1.807, 2.05) is 12.1 Å². The van der Waals surface area contributed by atoms with E-state index >= 15 is 0 Å². The highest BCUT2D eigenvalue weighted by Crippen LogP contribution is 2.28. The standard InChI is InChI=1S/C17H13ClN2O3/c18-12-7-5-11(6-8-12)10-19-17(22)14-9-16(23-20-14)13-3-1-2-4-15(13)21/h1-9,21H,10H2,(H,19,22). The number of aromatic nitrogens is 1. The van der Waals surface area contributed by atoms with Crippen molar-refractivity contribution in [2.75, 3.05) is 0 Å². The summed E-state index contributed by atoms with van der Waals surface area (Å²) in [6.45, 7) is 0.356. The number of amides is 1. The number of hydrogen-bond donors (Lipinski definition) is 2. The van der Waals surface area contributed by atoms with Gasteiger partial charge < -0.3 is 14.9 Å². The summed E-state index contributed by atoms with van der Waals surface area (Å²) in [5.41, 5.74) is 1.56. The zero-order chi connectivity index (χ0) is 16.2. The van der Waals surface area contributed by atoms with E-state index < -0.39 is 0 Å². The van der Waals surface area contributed by atoms with Crippen LogP contribution < -0.4 is 5.32 Å². The number of aromatic hydroxyl groups is 1. The Balaban J connectivity index is 1.69. The summed E-state index contributed by atoms with van der Waals surface area (Å²) in [4.78, 5) is 12.1. The van der Waals surface area contributed by atoms with Crippen molar-refractivity contribution < 1.29 is 14.4 Å². The Kier molecular flexibility index (Phi) is 4.30. The third-order valence-corrected chi connectivity index (χ3v) is 3.53. The molecule has 2 aromatic carbocycles. The molecule has 1 amide bonds. The van der Waals surface area contributed by atoms with Crippen LogP contribution in [0, 0.1) is 0 Å². The van der Waals surface area contributed by atoms with Crippen molar-refractivity contribution in [3.63, 3.8) is 0 Å². The van der Waals surface area contributed by atoms with E-state index in [1.54, 1.807) is 30.3 Å². The molecule has 116 valence electrons. The molecule has 0 aliphatic carbocycles. The molecule has 0 saturated carbocycles. The summed E-state index contributed by atoms with van der Waals surface area (Å²) in [6.07, 6.45) is 0. The van der Waals surface area contributed by atoms with Crippen LogP contribution in [0.5, 0.6) is 5.75 Å². The maximum absolute atomic E-state index is 12.1. The predicted molar refractivity (Wildman–Crippen MR) is 86.2 cm³/mol. The van der Waals surface area contributed by atoms with Crippen LogP contribution in [0.1, 0.15) is 16.1 Å². The molecule has 0 atom stereocenters. The van der Waals surface area contributed by atoms with Crippen LogP contribution in [-0.4, -0.2) is 16.2 Å². The summed E-state index contributed by atoms with van der Waals surface area (Å²) in [5, 5.41) is 16.9. The first-order chi connectivity index (χ1) is 11.1. The van der Waals surface area contributed by atoms with Gasteiger partial charge in [-0.15, -0.1) is 0 Å². The second-order valence-electron chi connectivity index (χ2n) is 4.90. The molecule has 1 heterocycles. The van der Waals surface area contributed by atoms with Gasteiger partial charge in [0.05, 0.1) is 5.56 Å². The average molecular weight is 329 g/mol. The van der Waals surface area contributed by atoms with Gasteiger partial charge >= 0.3 is 0 Å². The van der Waals surface area contributed by atoms with E-state index in [0.717, 1.165) is 5.56 Å². The second-order valence-corrected chi connectivity index (χ2v) is 5.34. The van der Waals surface area contributed by atoms with Gasteiger partial charge in [-0.3, -0.25) is 4.79 Å². The minimum absolute atomic E-state index is 0.0665. The lowest BCUT2D eigenvalue weighted by Gasteiger charge is -2.02. The topological polar surface area (TPSA) is 75.4 Å². The van der Waals surface area contributed by atoms with Gasteiger partial charge in [0.2, 0.25) is 0 Å². The van der Waals surface area contributed by atoms with Crippen LogP contribution in [0.25, 0.3) is 11.3 Å². The average Bonchev–Trinajstić information content (AvgIpc) is 3.04. The summed E-state index contributed by atoms with van der Waals surface area (Å²) in [6, 6.07) is 15.4. The quantitative estimate of drug-likeness (QED) is 0.767. The van der Waals surface area contributed by atoms with E-state index in [0.29, 0.717) is 22.9 Å². The maximum Gasteiger partial charge on any atom is 0.273 e. The number of nitrogens with zero attached hydrogens (tertiary/aromatic N) is 1. The minimum Gasteiger partial charge on any atom is -0.507 e. The van der Waals surface area contributed by atoms with Gasteiger partial charge in [-0.05, 0) is 29.8 Å². The minimum atomic E-state index is -0.356. The van der Waals surface area contributed by atoms with Gasteiger partial charge in [-0.2, -0.15) is 0 Å². The SMILES string of the molecule is O=C(NCc1ccc(Cl)cc1)c1cc(-c2ccccc2O)on1. The van der Waals surface area contributed by atoms with Crippen molar-refractivity contribution in [1.29, 1.82) is 0 Å². The number of hydrogen-bond acceptors (Lipinski definition) is 4. The Morgan fingerprint density at radius 2 is 1.91 bits per heavy atom. The number of halogens is 1. The Morgan fingerprint density at radius 1 is 1.17 bits per heavy atom. The zero-order valence-electron chi connectivity index (χ0n) is 12.0. The molecular weight excluding hydrogens is 316 g/mol. The van der Waals surface area contributed by atoms with Crippen molar-refractivity contribution in [3.8, 4) is 17.1 Å². The number of phenolic OH excluding ortho intramolecular Hbond substituents is 1. The Bertz CT molecular complexity index is 828. The van der Waals surface area contributed by atoms with Crippen molar-refractivity contribution in [2.45, 2.75) is 6.54 Å². The second kappa shape index (κ2) is 6.54. The first-order valence-electron chi connectivity index (χ1n) is 6.91. The van der Waals surface area contributed by atoms with Crippen LogP contribution in [0.15, 0.2) is 59.1 Å². The molecule has 0 aliphatic heterocycles. The molecule has 0 fully saturated rings. The Labute approximate surface area is 137 Å². The fourth-order valence-electron chi connectivity index (χ4n) is 2.07. The molecular formula is C17H13ClN2O3. The van der Waals surface area contributed by atoms with Crippen LogP contribution in [0.2, 0.25) is 5.02 Å². The molecule has 0 spiro atoms. The molecule has 6 heteroatoms. The molecule has 5 nitrogen and oxygen atoms in total. The molecule has 3 aromatic rings. The summed E-state index contributed by atoms with van der Waals surface area (Å²) < 4.78 is 5.13. The molecule has 0 saturated heterocycles. The number of para-hydroxylation sites is 1. The lowest BCUT2D eigenvalue weighted by molar-refractivity contribution is 0.0942. The normalized spacial score (nSPS) is 10.5. The molecule has 3 rings (SSSR count). The van der Waals surface area contributed by atoms with E-state index in [2.05, 4.69) is 10.5 Å². The molecule has 2 N–H and O–H groups in total. The largest absolute Gasteiger partial charge is 0.507 e. The van der Waals surface area contributed by atoms with Crippen LogP contribution >= 0.6 is 11.6 Å². The molecule has 0 unspecified atom stereocenters. The van der Waals surface area contributed by atoms with Crippen LogP contribution in [0.3, 0.4) is 0 Å². The zero-order valence-corrected chi connectivity index (χ0v) is 12.7. The van der Waals surface area contributed by atoms with Crippen LogP contribution in [-0.2, 0) is 6.54 Å². The summed E-state index contributed by atoms with van der Waals surface area (Å²) >= 11 is 5.81. The molecule has 0 radical (unpaired) electrons. The smallest absolute Gasteiger partial charge is 0.273 e. The van der Waals surface area contributed by atoms with Gasteiger partial charge in [-0.25, -0.2) is 0 Å². The van der Waals surface area contributed by atoms with Gasteiger partial charge in [0.15, 0.2) is 11.5 Å². The molecule has 0 bridgehead atoms. The molecule has 0 aliphatic rings. The third-order valence-electron chi connectivity index (χ3n) is 3.28. The van der Waals surface area contributed by atoms with E-state index in [1.165, 1.54) is 12.1 Å². The van der Waals surface area contributed by atoms with E-state index in [-0.39, 0.29) is 17.4 Å². The number of nitrogens with one attached hydrogen (secondary N) is 1. The number of carbonyl (C=O) groups is 1.